The summed E-state index contributed by atoms with van der Waals surface area (Å²) in [6.07, 6.45) is 0. The van der Waals surface area contributed by atoms with Gasteiger partial charge >= 0.3 is 0 Å². The van der Waals surface area contributed by atoms with Crippen molar-refractivity contribution in [3.05, 3.63) is 44.2 Å². The summed E-state index contributed by atoms with van der Waals surface area (Å²) in [5.74, 6) is 0. The molecule has 0 amide bonds. The fourth-order valence-corrected chi connectivity index (χ4v) is 1.42. The molecule has 1 rings (SSSR count). The Balaban J connectivity index is 2.93. The van der Waals surface area contributed by atoms with Crippen LogP contribution in [0.2, 0.25) is 0 Å². The zero-order valence-corrected chi connectivity index (χ0v) is 8.24. The molecule has 0 saturated heterocycles. The molecule has 0 bridgehead atoms. The summed E-state index contributed by atoms with van der Waals surface area (Å²) in [6, 6.07) is 5.89. The van der Waals surface area contributed by atoms with Crippen molar-refractivity contribution in [1.82, 2.24) is 0 Å². The molecule has 3 nitrogen and oxygen atoms in total. The van der Waals surface area contributed by atoms with Crippen LogP contribution in [0.3, 0.4) is 0 Å². The zero-order chi connectivity index (χ0) is 8.97. The molecular weight excluding hydrogens is 218 g/mol. The molecule has 0 N–H and O–H groups in total. The van der Waals surface area contributed by atoms with E-state index < -0.39 is 0 Å². The van der Waals surface area contributed by atoms with Crippen molar-refractivity contribution in [2.24, 2.45) is 5.11 Å². The second-order valence-electron chi connectivity index (χ2n) is 2.46. The topological polar surface area (TPSA) is 48.8 Å². The Morgan fingerprint density at radius 3 is 2.92 bits per heavy atom. The number of hydrogen-bond acceptors (Lipinski definition) is 1. The molecule has 0 aromatic heterocycles. The standard InChI is InChI=1S/C8H8BrN3/c1-6-4-8(9)3-2-7(6)5-11-12-10/h2-4H,5H2,1H3. The third-order valence-corrected chi connectivity index (χ3v) is 2.10. The lowest BCUT2D eigenvalue weighted by Crippen LogP contribution is -1.85. The summed E-state index contributed by atoms with van der Waals surface area (Å²) in [5, 5.41) is 3.50. The first-order chi connectivity index (χ1) is 5.74. The van der Waals surface area contributed by atoms with Crippen LogP contribution in [0.4, 0.5) is 0 Å². The van der Waals surface area contributed by atoms with Crippen molar-refractivity contribution >= 4 is 15.9 Å². The van der Waals surface area contributed by atoms with Gasteiger partial charge < -0.3 is 0 Å². The normalized spacial score (nSPS) is 9.17. The molecule has 4 heteroatoms. The van der Waals surface area contributed by atoms with Gasteiger partial charge in [0.2, 0.25) is 0 Å². The Bertz CT molecular complexity index is 329. The van der Waals surface area contributed by atoms with Gasteiger partial charge in [0.15, 0.2) is 0 Å². The summed E-state index contributed by atoms with van der Waals surface area (Å²) < 4.78 is 1.05. The number of halogens is 1. The molecule has 0 unspecified atom stereocenters. The van der Waals surface area contributed by atoms with Crippen LogP contribution in [-0.2, 0) is 6.54 Å². The molecule has 0 fully saturated rings. The van der Waals surface area contributed by atoms with Crippen molar-refractivity contribution in [1.29, 1.82) is 0 Å². The Hall–Kier alpha value is -0.990. The van der Waals surface area contributed by atoms with Gasteiger partial charge in [0.05, 0.1) is 6.54 Å². The van der Waals surface area contributed by atoms with Crippen LogP contribution in [0.15, 0.2) is 27.8 Å². The lowest BCUT2D eigenvalue weighted by molar-refractivity contribution is 1.03. The molecule has 0 saturated carbocycles. The van der Waals surface area contributed by atoms with E-state index in [1.165, 1.54) is 0 Å². The number of hydrogen-bond donors (Lipinski definition) is 0. The first-order valence-corrected chi connectivity index (χ1v) is 4.29. The third-order valence-electron chi connectivity index (χ3n) is 1.61. The molecule has 0 radical (unpaired) electrons. The van der Waals surface area contributed by atoms with Gasteiger partial charge in [0.25, 0.3) is 0 Å². The van der Waals surface area contributed by atoms with Gasteiger partial charge in [0.1, 0.15) is 0 Å². The average molecular weight is 226 g/mol. The molecule has 1 aromatic carbocycles. The Morgan fingerprint density at radius 1 is 1.58 bits per heavy atom. The zero-order valence-electron chi connectivity index (χ0n) is 6.66. The minimum Gasteiger partial charge on any atom is -0.0893 e. The molecule has 12 heavy (non-hydrogen) atoms. The minimum absolute atomic E-state index is 0.426. The van der Waals surface area contributed by atoms with Crippen LogP contribution in [0, 0.1) is 6.92 Å². The van der Waals surface area contributed by atoms with E-state index in [-0.39, 0.29) is 0 Å². The van der Waals surface area contributed by atoms with E-state index in [1.54, 1.807) is 0 Å². The van der Waals surface area contributed by atoms with Gasteiger partial charge in [-0.15, -0.1) is 0 Å². The summed E-state index contributed by atoms with van der Waals surface area (Å²) in [4.78, 5) is 2.71. The van der Waals surface area contributed by atoms with E-state index >= 15 is 0 Å². The van der Waals surface area contributed by atoms with Crippen LogP contribution in [0.5, 0.6) is 0 Å². The Labute approximate surface area is 79.2 Å². The maximum Gasteiger partial charge on any atom is 0.0513 e. The molecule has 0 aliphatic carbocycles. The number of benzene rings is 1. The molecule has 0 atom stereocenters. The lowest BCUT2D eigenvalue weighted by atomic mass is 10.1. The van der Waals surface area contributed by atoms with E-state index in [1.807, 2.05) is 25.1 Å². The first kappa shape index (κ1) is 9.10. The van der Waals surface area contributed by atoms with Crippen LogP contribution < -0.4 is 0 Å². The lowest BCUT2D eigenvalue weighted by Gasteiger charge is -2.01. The van der Waals surface area contributed by atoms with E-state index in [4.69, 9.17) is 5.53 Å². The fraction of sp³-hybridized carbons (Fsp3) is 0.250. The van der Waals surface area contributed by atoms with Gasteiger partial charge in [-0.05, 0) is 35.7 Å². The fourth-order valence-electron chi connectivity index (χ4n) is 0.944. The highest BCUT2D eigenvalue weighted by Crippen LogP contribution is 2.16. The molecule has 62 valence electrons. The Kier molecular flexibility index (Phi) is 3.14. The maximum absolute atomic E-state index is 8.12. The molecule has 0 aliphatic rings. The number of nitrogens with zero attached hydrogens (tertiary/aromatic N) is 3. The molecular formula is C8H8BrN3. The van der Waals surface area contributed by atoms with Crippen molar-refractivity contribution in [2.45, 2.75) is 13.5 Å². The van der Waals surface area contributed by atoms with Crippen molar-refractivity contribution in [2.75, 3.05) is 0 Å². The van der Waals surface area contributed by atoms with Gasteiger partial charge in [-0.2, -0.15) is 0 Å². The van der Waals surface area contributed by atoms with E-state index in [0.29, 0.717) is 6.54 Å². The number of aryl methyl sites for hydroxylation is 1. The van der Waals surface area contributed by atoms with Crippen LogP contribution in [0.25, 0.3) is 10.4 Å². The van der Waals surface area contributed by atoms with Gasteiger partial charge in [-0.25, -0.2) is 0 Å². The van der Waals surface area contributed by atoms with Gasteiger partial charge in [-0.3, -0.25) is 0 Å². The summed E-state index contributed by atoms with van der Waals surface area (Å²) in [5.41, 5.74) is 10.3. The first-order valence-electron chi connectivity index (χ1n) is 3.50. The third kappa shape index (κ3) is 2.26. The molecule has 0 aliphatic heterocycles. The number of azide groups is 1. The minimum atomic E-state index is 0.426. The van der Waals surface area contributed by atoms with Gasteiger partial charge in [0, 0.05) is 9.38 Å². The van der Waals surface area contributed by atoms with Crippen molar-refractivity contribution in [3.63, 3.8) is 0 Å². The highest BCUT2D eigenvalue weighted by Gasteiger charge is 1.96. The van der Waals surface area contributed by atoms with Crippen LogP contribution in [-0.4, -0.2) is 0 Å². The van der Waals surface area contributed by atoms with E-state index in [0.717, 1.165) is 15.6 Å². The molecule has 0 heterocycles. The second-order valence-corrected chi connectivity index (χ2v) is 3.38. The van der Waals surface area contributed by atoms with Crippen molar-refractivity contribution < 1.29 is 0 Å². The van der Waals surface area contributed by atoms with Gasteiger partial charge in [-0.1, -0.05) is 27.1 Å². The van der Waals surface area contributed by atoms with Crippen molar-refractivity contribution in [3.8, 4) is 0 Å². The summed E-state index contributed by atoms with van der Waals surface area (Å²) in [7, 11) is 0. The molecule has 1 aromatic rings. The monoisotopic (exact) mass is 225 g/mol. The smallest absolute Gasteiger partial charge is 0.0513 e. The Morgan fingerprint density at radius 2 is 2.33 bits per heavy atom. The predicted molar refractivity (Wildman–Crippen MR) is 51.7 cm³/mol. The largest absolute Gasteiger partial charge is 0.0893 e. The molecule has 0 spiro atoms. The van der Waals surface area contributed by atoms with Crippen LogP contribution in [0.1, 0.15) is 11.1 Å². The summed E-state index contributed by atoms with van der Waals surface area (Å²) in [6.45, 7) is 2.42. The SMILES string of the molecule is Cc1cc(Br)ccc1CN=[N+]=[N-]. The quantitative estimate of drug-likeness (QED) is 0.420. The highest BCUT2D eigenvalue weighted by atomic mass is 79.9. The second kappa shape index (κ2) is 4.14. The van der Waals surface area contributed by atoms with Crippen LogP contribution >= 0.6 is 15.9 Å². The van der Waals surface area contributed by atoms with E-state index in [2.05, 4.69) is 26.0 Å². The summed E-state index contributed by atoms with van der Waals surface area (Å²) >= 11 is 3.36. The number of rotatable bonds is 2. The average Bonchev–Trinajstić information content (AvgIpc) is 2.03. The van der Waals surface area contributed by atoms with E-state index in [9.17, 15) is 0 Å². The predicted octanol–water partition coefficient (Wildman–Crippen LogP) is 3.57. The highest BCUT2D eigenvalue weighted by molar-refractivity contribution is 9.10. The maximum atomic E-state index is 8.12.